The molecule has 6 heteroatoms. The zero-order chi connectivity index (χ0) is 21.1. The number of fused-ring (bicyclic) bond motifs is 1. The molecule has 0 spiro atoms. The van der Waals surface area contributed by atoms with Gasteiger partial charge in [0.15, 0.2) is 0 Å². The molecule has 5 nitrogen and oxygen atoms in total. The van der Waals surface area contributed by atoms with Gasteiger partial charge in [-0.1, -0.05) is 62.4 Å². The molecular formula is C24H34N4OS. The van der Waals surface area contributed by atoms with Crippen molar-refractivity contribution in [2.75, 3.05) is 26.4 Å². The smallest absolute Gasteiger partial charge is 0.241 e. The fourth-order valence-electron chi connectivity index (χ4n) is 5.02. The lowest BCUT2D eigenvalue weighted by Crippen LogP contribution is -2.51. The third-order valence-electron chi connectivity index (χ3n) is 6.78. The minimum Gasteiger partial charge on any atom is -0.331 e. The Hall–Kier alpha value is -1.79. The second-order valence-electron chi connectivity index (χ2n) is 8.99. The first-order chi connectivity index (χ1) is 14.6. The SMILES string of the molecule is CN(C)[C@H](CS)C(=O)N1CCn2cc(-c3ccccc3)nc2[C@@H]1CC1CCCCC1. The van der Waals surface area contributed by atoms with Crippen LogP contribution < -0.4 is 0 Å². The topological polar surface area (TPSA) is 41.4 Å². The van der Waals surface area contributed by atoms with Gasteiger partial charge in [-0.2, -0.15) is 12.6 Å². The highest BCUT2D eigenvalue weighted by Gasteiger charge is 2.37. The number of amides is 1. The molecule has 1 saturated carbocycles. The number of likely N-dealkylation sites (N-methyl/N-ethyl adjacent to an activating group) is 1. The largest absolute Gasteiger partial charge is 0.331 e. The summed E-state index contributed by atoms with van der Waals surface area (Å²) in [4.78, 5) is 22.7. The Bertz CT molecular complexity index is 844. The molecule has 0 bridgehead atoms. The molecule has 4 rings (SSSR count). The minimum atomic E-state index is -0.197. The maximum absolute atomic E-state index is 13.5. The Morgan fingerprint density at radius 2 is 1.90 bits per heavy atom. The number of imidazole rings is 1. The van der Waals surface area contributed by atoms with Gasteiger partial charge in [0.2, 0.25) is 5.91 Å². The monoisotopic (exact) mass is 426 g/mol. The molecule has 1 aliphatic carbocycles. The molecular weight excluding hydrogens is 392 g/mol. The van der Waals surface area contributed by atoms with E-state index in [1.54, 1.807) is 0 Å². The molecule has 2 atom stereocenters. The van der Waals surface area contributed by atoms with Gasteiger partial charge in [-0.05, 0) is 26.4 Å². The van der Waals surface area contributed by atoms with Gasteiger partial charge >= 0.3 is 0 Å². The van der Waals surface area contributed by atoms with Crippen LogP contribution in [0.25, 0.3) is 11.3 Å². The van der Waals surface area contributed by atoms with Crippen LogP contribution in [0.5, 0.6) is 0 Å². The molecule has 162 valence electrons. The molecule has 2 aliphatic rings. The lowest BCUT2D eigenvalue weighted by Gasteiger charge is -2.40. The quantitative estimate of drug-likeness (QED) is 0.702. The predicted octanol–water partition coefficient (Wildman–Crippen LogP) is 4.26. The van der Waals surface area contributed by atoms with E-state index in [2.05, 4.69) is 52.6 Å². The van der Waals surface area contributed by atoms with Gasteiger partial charge in [-0.15, -0.1) is 0 Å². The molecule has 1 aliphatic heterocycles. The lowest BCUT2D eigenvalue weighted by molar-refractivity contribution is -0.139. The van der Waals surface area contributed by atoms with E-state index < -0.39 is 0 Å². The van der Waals surface area contributed by atoms with Crippen LogP contribution >= 0.6 is 12.6 Å². The van der Waals surface area contributed by atoms with Crippen LogP contribution in [0, 0.1) is 5.92 Å². The van der Waals surface area contributed by atoms with Crippen LogP contribution in [0.15, 0.2) is 36.5 Å². The second-order valence-corrected chi connectivity index (χ2v) is 9.36. The summed E-state index contributed by atoms with van der Waals surface area (Å²) in [6.07, 6.45) is 9.70. The zero-order valence-electron chi connectivity index (χ0n) is 18.2. The van der Waals surface area contributed by atoms with Crippen molar-refractivity contribution < 1.29 is 4.79 Å². The number of thiol groups is 1. The summed E-state index contributed by atoms with van der Waals surface area (Å²) in [6, 6.07) is 10.2. The summed E-state index contributed by atoms with van der Waals surface area (Å²) in [6.45, 7) is 1.54. The summed E-state index contributed by atoms with van der Waals surface area (Å²) in [5, 5.41) is 0. The number of hydrogen-bond acceptors (Lipinski definition) is 4. The number of rotatable bonds is 6. The van der Waals surface area contributed by atoms with Crippen LogP contribution in [0.2, 0.25) is 0 Å². The first kappa shape index (κ1) is 21.4. The average Bonchev–Trinajstić information content (AvgIpc) is 3.20. The van der Waals surface area contributed by atoms with Gasteiger partial charge in [0.25, 0.3) is 0 Å². The number of benzene rings is 1. The van der Waals surface area contributed by atoms with Crippen molar-refractivity contribution in [3.05, 3.63) is 42.4 Å². The summed E-state index contributed by atoms with van der Waals surface area (Å²) in [5.41, 5.74) is 2.14. The second kappa shape index (κ2) is 9.56. The van der Waals surface area contributed by atoms with Gasteiger partial charge in [0.05, 0.1) is 17.8 Å². The first-order valence-electron chi connectivity index (χ1n) is 11.3. The Kier molecular flexibility index (Phi) is 6.84. The van der Waals surface area contributed by atoms with E-state index in [-0.39, 0.29) is 18.0 Å². The van der Waals surface area contributed by atoms with Crippen molar-refractivity contribution in [1.29, 1.82) is 0 Å². The van der Waals surface area contributed by atoms with Crippen molar-refractivity contribution in [2.45, 2.75) is 57.2 Å². The normalized spacial score (nSPS) is 20.9. The molecule has 2 aromatic rings. The molecule has 0 radical (unpaired) electrons. The van der Waals surface area contributed by atoms with E-state index in [1.807, 2.05) is 25.1 Å². The van der Waals surface area contributed by atoms with Crippen molar-refractivity contribution in [2.24, 2.45) is 5.92 Å². The molecule has 1 amide bonds. The number of carbonyl (C=O) groups excluding carboxylic acids is 1. The highest BCUT2D eigenvalue weighted by Crippen LogP contribution is 2.38. The third kappa shape index (κ3) is 4.45. The molecule has 2 heterocycles. The van der Waals surface area contributed by atoms with Crippen LogP contribution in [-0.2, 0) is 11.3 Å². The Balaban J connectivity index is 1.66. The van der Waals surface area contributed by atoms with Crippen molar-refractivity contribution in [3.8, 4) is 11.3 Å². The highest BCUT2D eigenvalue weighted by atomic mass is 32.1. The third-order valence-corrected chi connectivity index (χ3v) is 7.12. The predicted molar refractivity (Wildman–Crippen MR) is 125 cm³/mol. The fraction of sp³-hybridized carbons (Fsp3) is 0.583. The van der Waals surface area contributed by atoms with E-state index in [9.17, 15) is 4.79 Å². The maximum atomic E-state index is 13.5. The minimum absolute atomic E-state index is 0.0501. The van der Waals surface area contributed by atoms with Crippen molar-refractivity contribution >= 4 is 18.5 Å². The average molecular weight is 427 g/mol. The molecule has 0 saturated heterocycles. The van der Waals surface area contributed by atoms with Crippen LogP contribution in [-0.4, -0.2) is 57.7 Å². The van der Waals surface area contributed by atoms with Gasteiger partial charge < -0.3 is 9.47 Å². The fourth-order valence-corrected chi connectivity index (χ4v) is 5.51. The van der Waals surface area contributed by atoms with Gasteiger partial charge in [-0.3, -0.25) is 9.69 Å². The molecule has 1 aromatic heterocycles. The summed E-state index contributed by atoms with van der Waals surface area (Å²) in [7, 11) is 3.93. The molecule has 1 aromatic carbocycles. The highest BCUT2D eigenvalue weighted by molar-refractivity contribution is 7.80. The summed E-state index contributed by atoms with van der Waals surface area (Å²) >= 11 is 4.47. The van der Waals surface area contributed by atoms with Crippen LogP contribution in [0.3, 0.4) is 0 Å². The first-order valence-corrected chi connectivity index (χ1v) is 11.9. The van der Waals surface area contributed by atoms with E-state index in [1.165, 1.54) is 32.1 Å². The van der Waals surface area contributed by atoms with Gasteiger partial charge in [0, 0.05) is 30.6 Å². The summed E-state index contributed by atoms with van der Waals surface area (Å²) < 4.78 is 2.28. The molecule has 1 fully saturated rings. The standard InChI is InChI=1S/C24H34N4OS/c1-26(2)22(17-30)24(29)28-14-13-27-16-20(19-11-7-4-8-12-19)25-23(27)21(28)15-18-9-5-3-6-10-18/h4,7-8,11-12,16,18,21-22,30H,3,5-6,9-10,13-15,17H2,1-2H3/t21-,22+/m0/s1. The number of carbonyl (C=O) groups is 1. The molecule has 30 heavy (non-hydrogen) atoms. The maximum Gasteiger partial charge on any atom is 0.241 e. The van der Waals surface area contributed by atoms with Crippen LogP contribution in [0.4, 0.5) is 0 Å². The zero-order valence-corrected chi connectivity index (χ0v) is 19.1. The van der Waals surface area contributed by atoms with Crippen molar-refractivity contribution in [3.63, 3.8) is 0 Å². The lowest BCUT2D eigenvalue weighted by atomic mass is 9.84. The van der Waals surface area contributed by atoms with Crippen molar-refractivity contribution in [1.82, 2.24) is 19.4 Å². The molecule has 0 unspecified atom stereocenters. The van der Waals surface area contributed by atoms with E-state index in [0.717, 1.165) is 36.6 Å². The summed E-state index contributed by atoms with van der Waals surface area (Å²) in [5.74, 6) is 2.45. The van der Waals surface area contributed by atoms with Gasteiger partial charge in [-0.25, -0.2) is 4.98 Å². The number of hydrogen-bond donors (Lipinski definition) is 1. The van der Waals surface area contributed by atoms with E-state index in [0.29, 0.717) is 11.7 Å². The Morgan fingerprint density at radius 3 is 2.57 bits per heavy atom. The Morgan fingerprint density at radius 1 is 1.17 bits per heavy atom. The van der Waals surface area contributed by atoms with E-state index >= 15 is 0 Å². The van der Waals surface area contributed by atoms with E-state index in [4.69, 9.17) is 4.98 Å². The Labute approximate surface area is 185 Å². The number of aromatic nitrogens is 2. The van der Waals surface area contributed by atoms with Crippen LogP contribution in [0.1, 0.15) is 50.4 Å². The van der Waals surface area contributed by atoms with Gasteiger partial charge in [0.1, 0.15) is 5.82 Å². The molecule has 0 N–H and O–H groups in total. The number of nitrogens with zero attached hydrogens (tertiary/aromatic N) is 4.